The van der Waals surface area contributed by atoms with Gasteiger partial charge in [0, 0.05) is 0 Å². The SMILES string of the molecule is CCCOc1ccc(/C=N\N2C(=O)N[C@](CC)(c3ccccc3)C2=O)cc1OC. The number of carbonyl (C=O) groups excluding carboxylic acids is 2. The van der Waals surface area contributed by atoms with Crippen LogP contribution in [0.3, 0.4) is 0 Å². The fourth-order valence-corrected chi connectivity index (χ4v) is 3.25. The van der Waals surface area contributed by atoms with Gasteiger partial charge in [-0.3, -0.25) is 4.79 Å². The third kappa shape index (κ3) is 3.94. The summed E-state index contributed by atoms with van der Waals surface area (Å²) in [6, 6.07) is 14.0. The van der Waals surface area contributed by atoms with Crippen LogP contribution in [0.2, 0.25) is 0 Å². The minimum atomic E-state index is -1.11. The van der Waals surface area contributed by atoms with Crippen molar-refractivity contribution in [2.24, 2.45) is 5.10 Å². The van der Waals surface area contributed by atoms with E-state index in [1.807, 2.05) is 44.2 Å². The van der Waals surface area contributed by atoms with Crippen LogP contribution < -0.4 is 14.8 Å². The Labute approximate surface area is 170 Å². The maximum Gasteiger partial charge on any atom is 0.346 e. The lowest BCUT2D eigenvalue weighted by Crippen LogP contribution is -2.43. The number of carbonyl (C=O) groups is 2. The van der Waals surface area contributed by atoms with Gasteiger partial charge >= 0.3 is 6.03 Å². The van der Waals surface area contributed by atoms with Gasteiger partial charge in [-0.25, -0.2) is 4.79 Å². The first-order valence-electron chi connectivity index (χ1n) is 9.62. The molecule has 7 nitrogen and oxygen atoms in total. The molecule has 2 aromatic carbocycles. The largest absolute Gasteiger partial charge is 0.493 e. The highest BCUT2D eigenvalue weighted by Crippen LogP contribution is 2.32. The molecule has 7 heteroatoms. The number of amides is 3. The highest BCUT2D eigenvalue weighted by molar-refractivity contribution is 6.07. The molecule has 0 unspecified atom stereocenters. The Hall–Kier alpha value is -3.35. The van der Waals surface area contributed by atoms with Gasteiger partial charge in [-0.15, -0.1) is 5.01 Å². The van der Waals surface area contributed by atoms with E-state index in [9.17, 15) is 9.59 Å². The van der Waals surface area contributed by atoms with Crippen molar-refractivity contribution in [2.75, 3.05) is 13.7 Å². The number of methoxy groups -OCH3 is 1. The van der Waals surface area contributed by atoms with E-state index in [-0.39, 0.29) is 0 Å². The van der Waals surface area contributed by atoms with Crippen LogP contribution in [-0.4, -0.2) is 36.9 Å². The summed E-state index contributed by atoms with van der Waals surface area (Å²) >= 11 is 0. The van der Waals surface area contributed by atoms with Gasteiger partial charge in [0.1, 0.15) is 5.54 Å². The summed E-state index contributed by atoms with van der Waals surface area (Å²) in [5.74, 6) is 0.796. The van der Waals surface area contributed by atoms with Crippen molar-refractivity contribution in [3.63, 3.8) is 0 Å². The molecular weight excluding hydrogens is 370 g/mol. The standard InChI is InChI=1S/C22H25N3O4/c1-4-13-29-18-12-11-16(14-19(18)28-3)15-23-25-20(26)22(5-2,24-21(25)27)17-9-7-6-8-10-17/h6-12,14-15H,4-5,13H2,1-3H3,(H,24,27)/b23-15-/t22-/m1/s1. The number of hydrogen-bond donors (Lipinski definition) is 1. The topological polar surface area (TPSA) is 80.2 Å². The Bertz CT molecular complexity index is 914. The second-order valence-electron chi connectivity index (χ2n) is 6.68. The van der Waals surface area contributed by atoms with Gasteiger partial charge in [-0.1, -0.05) is 44.2 Å². The maximum absolute atomic E-state index is 13.1. The number of hydrogen-bond acceptors (Lipinski definition) is 5. The van der Waals surface area contributed by atoms with Gasteiger partial charge in [-0.2, -0.15) is 5.10 Å². The molecule has 3 amide bonds. The van der Waals surface area contributed by atoms with E-state index in [4.69, 9.17) is 9.47 Å². The normalized spacial score (nSPS) is 18.9. The average Bonchev–Trinajstić information content (AvgIpc) is 3.01. The Morgan fingerprint density at radius 2 is 1.86 bits per heavy atom. The lowest BCUT2D eigenvalue weighted by atomic mass is 9.87. The molecule has 29 heavy (non-hydrogen) atoms. The van der Waals surface area contributed by atoms with Crippen LogP contribution in [-0.2, 0) is 10.3 Å². The summed E-state index contributed by atoms with van der Waals surface area (Å²) in [6.07, 6.45) is 2.77. The molecule has 1 N–H and O–H groups in total. The fraction of sp³-hybridized carbons (Fsp3) is 0.318. The van der Waals surface area contributed by atoms with Crippen molar-refractivity contribution in [2.45, 2.75) is 32.2 Å². The number of nitrogens with one attached hydrogen (secondary N) is 1. The number of rotatable bonds is 8. The summed E-state index contributed by atoms with van der Waals surface area (Å²) in [7, 11) is 1.56. The summed E-state index contributed by atoms with van der Waals surface area (Å²) in [4.78, 5) is 25.6. The van der Waals surface area contributed by atoms with Gasteiger partial charge in [0.2, 0.25) is 0 Å². The zero-order valence-electron chi connectivity index (χ0n) is 16.8. The predicted octanol–water partition coefficient (Wildman–Crippen LogP) is 3.68. The molecule has 0 bridgehead atoms. The molecule has 3 rings (SSSR count). The van der Waals surface area contributed by atoms with Gasteiger partial charge < -0.3 is 14.8 Å². The van der Waals surface area contributed by atoms with Gasteiger partial charge in [0.25, 0.3) is 5.91 Å². The molecule has 0 aromatic heterocycles. The molecule has 1 saturated heterocycles. The van der Waals surface area contributed by atoms with Crippen LogP contribution in [0.5, 0.6) is 11.5 Å². The molecule has 1 fully saturated rings. The highest BCUT2D eigenvalue weighted by atomic mass is 16.5. The Balaban J connectivity index is 1.84. The quantitative estimate of drug-likeness (QED) is 0.546. The molecule has 1 heterocycles. The van der Waals surface area contributed by atoms with E-state index in [0.717, 1.165) is 17.0 Å². The smallest absolute Gasteiger partial charge is 0.346 e. The minimum Gasteiger partial charge on any atom is -0.493 e. The van der Waals surface area contributed by atoms with E-state index in [2.05, 4.69) is 10.4 Å². The van der Waals surface area contributed by atoms with Crippen LogP contribution in [0.1, 0.15) is 37.8 Å². The maximum atomic E-state index is 13.1. The lowest BCUT2D eigenvalue weighted by molar-refractivity contribution is -0.131. The summed E-state index contributed by atoms with van der Waals surface area (Å²) in [5.41, 5.74) is 0.309. The number of benzene rings is 2. The van der Waals surface area contributed by atoms with Crippen molar-refractivity contribution >= 4 is 18.2 Å². The summed E-state index contributed by atoms with van der Waals surface area (Å²) < 4.78 is 11.0. The number of imide groups is 1. The zero-order valence-corrected chi connectivity index (χ0v) is 16.8. The predicted molar refractivity (Wildman–Crippen MR) is 110 cm³/mol. The lowest BCUT2D eigenvalue weighted by Gasteiger charge is -2.24. The number of ether oxygens (including phenoxy) is 2. The fourth-order valence-electron chi connectivity index (χ4n) is 3.25. The number of nitrogens with zero attached hydrogens (tertiary/aromatic N) is 2. The third-order valence-corrected chi connectivity index (χ3v) is 4.84. The molecule has 0 spiro atoms. The van der Waals surface area contributed by atoms with Crippen LogP contribution in [0.4, 0.5) is 4.79 Å². The Morgan fingerprint density at radius 1 is 1.10 bits per heavy atom. The van der Waals surface area contributed by atoms with Crippen molar-refractivity contribution in [3.8, 4) is 11.5 Å². The highest BCUT2D eigenvalue weighted by Gasteiger charge is 2.51. The number of urea groups is 1. The molecule has 0 aliphatic carbocycles. The van der Waals surface area contributed by atoms with Crippen LogP contribution in [0, 0.1) is 0 Å². The first-order chi connectivity index (χ1) is 14.1. The molecule has 1 atom stereocenters. The van der Waals surface area contributed by atoms with Gasteiger partial charge in [0.15, 0.2) is 11.5 Å². The van der Waals surface area contributed by atoms with E-state index < -0.39 is 17.5 Å². The van der Waals surface area contributed by atoms with Gasteiger partial charge in [-0.05, 0) is 42.2 Å². The Morgan fingerprint density at radius 3 is 2.52 bits per heavy atom. The van der Waals surface area contributed by atoms with E-state index in [1.165, 1.54) is 6.21 Å². The van der Waals surface area contributed by atoms with Crippen molar-refractivity contribution in [1.82, 2.24) is 10.3 Å². The summed E-state index contributed by atoms with van der Waals surface area (Å²) in [6.45, 7) is 4.47. The van der Waals surface area contributed by atoms with Crippen molar-refractivity contribution in [1.29, 1.82) is 0 Å². The molecule has 0 radical (unpaired) electrons. The molecule has 152 valence electrons. The minimum absolute atomic E-state index is 0.401. The molecule has 0 saturated carbocycles. The average molecular weight is 395 g/mol. The second kappa shape index (κ2) is 8.77. The molecule has 1 aliphatic rings. The monoisotopic (exact) mass is 395 g/mol. The van der Waals surface area contributed by atoms with E-state index >= 15 is 0 Å². The van der Waals surface area contributed by atoms with Crippen molar-refractivity contribution < 1.29 is 19.1 Å². The first-order valence-corrected chi connectivity index (χ1v) is 9.62. The molecule has 1 aliphatic heterocycles. The first kappa shape index (κ1) is 20.4. The number of hydrazone groups is 1. The zero-order chi connectivity index (χ0) is 20.9. The van der Waals surface area contributed by atoms with Crippen molar-refractivity contribution in [3.05, 3.63) is 59.7 Å². The molecular formula is C22H25N3O4. The van der Waals surface area contributed by atoms with Crippen LogP contribution >= 0.6 is 0 Å². The second-order valence-corrected chi connectivity index (χ2v) is 6.68. The Kier molecular flexibility index (Phi) is 6.16. The van der Waals surface area contributed by atoms with Crippen LogP contribution in [0.15, 0.2) is 53.6 Å². The van der Waals surface area contributed by atoms with Crippen LogP contribution in [0.25, 0.3) is 0 Å². The van der Waals surface area contributed by atoms with E-state index in [1.54, 1.807) is 25.3 Å². The summed E-state index contributed by atoms with van der Waals surface area (Å²) in [5, 5.41) is 7.82. The van der Waals surface area contributed by atoms with E-state index in [0.29, 0.717) is 30.1 Å². The van der Waals surface area contributed by atoms with Gasteiger partial charge in [0.05, 0.1) is 19.9 Å². The third-order valence-electron chi connectivity index (χ3n) is 4.84. The molecule has 2 aromatic rings.